The van der Waals surface area contributed by atoms with Crippen molar-refractivity contribution in [1.29, 1.82) is 0 Å². The summed E-state index contributed by atoms with van der Waals surface area (Å²) in [6, 6.07) is 3.56. The Bertz CT molecular complexity index is 709. The molecule has 0 saturated heterocycles. The van der Waals surface area contributed by atoms with Gasteiger partial charge in [-0.05, 0) is 86.9 Å². The monoisotopic (exact) mass is 371 g/mol. The quantitative estimate of drug-likeness (QED) is 0.774. The summed E-state index contributed by atoms with van der Waals surface area (Å²) in [7, 11) is 0. The Morgan fingerprint density at radius 2 is 1.70 bits per heavy atom. The van der Waals surface area contributed by atoms with Crippen molar-refractivity contribution in [3.8, 4) is 0 Å². The molecule has 1 aromatic heterocycles. The molecule has 5 nitrogen and oxygen atoms in total. The van der Waals surface area contributed by atoms with Crippen LogP contribution in [0.3, 0.4) is 0 Å². The Hall–Kier alpha value is -1.62. The van der Waals surface area contributed by atoms with Gasteiger partial charge in [-0.25, -0.2) is 0 Å². The molecular weight excluding hydrogens is 338 g/mol. The number of hydrogen-bond donors (Lipinski definition) is 2. The van der Waals surface area contributed by atoms with E-state index in [2.05, 4.69) is 29.0 Å². The minimum absolute atomic E-state index is 0.223. The third kappa shape index (κ3) is 3.84. The van der Waals surface area contributed by atoms with Crippen LogP contribution in [-0.4, -0.2) is 35.4 Å². The predicted octanol–water partition coefficient (Wildman–Crippen LogP) is 3.02. The van der Waals surface area contributed by atoms with Crippen LogP contribution in [0.15, 0.2) is 16.9 Å². The van der Waals surface area contributed by atoms with Crippen molar-refractivity contribution in [1.82, 2.24) is 15.2 Å². The highest BCUT2D eigenvalue weighted by molar-refractivity contribution is 5.93. The van der Waals surface area contributed by atoms with E-state index in [0.29, 0.717) is 12.5 Å². The fourth-order valence-corrected chi connectivity index (χ4v) is 6.15. The highest BCUT2D eigenvalue weighted by atomic mass is 16.2. The minimum Gasteiger partial charge on any atom is -0.352 e. The molecule has 4 bridgehead atoms. The summed E-state index contributed by atoms with van der Waals surface area (Å²) in [4.78, 5) is 30.1. The maximum absolute atomic E-state index is 12.6. The number of carbonyl (C=O) groups excluding carboxylic acids is 1. The summed E-state index contributed by atoms with van der Waals surface area (Å²) in [5.41, 5.74) is 0.825. The Balaban J connectivity index is 1.36. The first-order valence-corrected chi connectivity index (χ1v) is 10.8. The van der Waals surface area contributed by atoms with Gasteiger partial charge in [0.1, 0.15) is 5.56 Å². The number of pyridine rings is 1. The van der Waals surface area contributed by atoms with E-state index in [1.165, 1.54) is 32.1 Å². The Morgan fingerprint density at radius 3 is 2.26 bits per heavy atom. The van der Waals surface area contributed by atoms with Gasteiger partial charge in [0, 0.05) is 18.8 Å². The highest BCUT2D eigenvalue weighted by Crippen LogP contribution is 2.56. The average Bonchev–Trinajstić information content (AvgIpc) is 2.65. The lowest BCUT2D eigenvalue weighted by atomic mass is 9.52. The van der Waals surface area contributed by atoms with Crippen molar-refractivity contribution in [2.24, 2.45) is 29.6 Å². The van der Waals surface area contributed by atoms with Gasteiger partial charge in [-0.1, -0.05) is 13.8 Å². The van der Waals surface area contributed by atoms with E-state index >= 15 is 0 Å². The normalized spacial score (nSPS) is 31.4. The number of amides is 1. The molecule has 0 unspecified atom stereocenters. The lowest BCUT2D eigenvalue weighted by Gasteiger charge is -2.54. The molecule has 2 N–H and O–H groups in total. The molecule has 1 amide bonds. The minimum atomic E-state index is -0.276. The molecular formula is C22H33N3O2. The average molecular weight is 372 g/mol. The molecule has 4 aliphatic rings. The molecule has 0 spiro atoms. The van der Waals surface area contributed by atoms with E-state index < -0.39 is 0 Å². The van der Waals surface area contributed by atoms with Gasteiger partial charge in [-0.2, -0.15) is 0 Å². The van der Waals surface area contributed by atoms with Gasteiger partial charge in [0.25, 0.3) is 11.5 Å². The number of nitrogens with zero attached hydrogens (tertiary/aromatic N) is 1. The molecule has 4 saturated carbocycles. The van der Waals surface area contributed by atoms with Crippen LogP contribution in [0.4, 0.5) is 0 Å². The number of nitrogens with one attached hydrogen (secondary N) is 2. The zero-order chi connectivity index (χ0) is 19.0. The first-order chi connectivity index (χ1) is 13.1. The molecule has 4 aliphatic carbocycles. The van der Waals surface area contributed by atoms with Crippen molar-refractivity contribution in [3.05, 3.63) is 33.7 Å². The fourth-order valence-electron chi connectivity index (χ4n) is 6.15. The second-order valence-electron chi connectivity index (χ2n) is 8.99. The third-order valence-electron chi connectivity index (χ3n) is 7.42. The molecule has 0 aliphatic heterocycles. The number of hydrogen-bond acceptors (Lipinski definition) is 3. The number of rotatable bonds is 7. The molecule has 5 heteroatoms. The maximum atomic E-state index is 12.6. The summed E-state index contributed by atoms with van der Waals surface area (Å²) in [5, 5.41) is 3.08. The molecule has 4 fully saturated rings. The first kappa shape index (κ1) is 18.7. The van der Waals surface area contributed by atoms with Gasteiger partial charge in [0.05, 0.1) is 0 Å². The standard InChI is InChI=1S/C22H33N3O2/c1-3-25(4-2)13-18-5-6-19(22(27)24-18)21(26)23-12-20-16-8-14-7-15(10-16)11-17(20)9-14/h5-6,14-17,20H,3-4,7-13H2,1-2H3,(H,23,26)(H,24,27). The number of carbonyl (C=O) groups is 1. The van der Waals surface area contributed by atoms with Gasteiger partial charge in [-0.15, -0.1) is 0 Å². The third-order valence-corrected chi connectivity index (χ3v) is 7.42. The molecule has 5 rings (SSSR count). The van der Waals surface area contributed by atoms with E-state index in [1.807, 2.05) is 6.07 Å². The lowest BCUT2D eigenvalue weighted by molar-refractivity contribution is -0.0347. The van der Waals surface area contributed by atoms with E-state index in [-0.39, 0.29) is 17.0 Å². The predicted molar refractivity (Wildman–Crippen MR) is 107 cm³/mol. The van der Waals surface area contributed by atoms with Crippen LogP contribution in [0.25, 0.3) is 0 Å². The van der Waals surface area contributed by atoms with Gasteiger partial charge in [0.2, 0.25) is 0 Å². The highest BCUT2D eigenvalue weighted by Gasteiger charge is 2.47. The molecule has 1 aromatic rings. The van der Waals surface area contributed by atoms with Crippen LogP contribution in [0.2, 0.25) is 0 Å². The fraction of sp³-hybridized carbons (Fsp3) is 0.727. The molecule has 148 valence electrons. The largest absolute Gasteiger partial charge is 0.352 e. The van der Waals surface area contributed by atoms with Crippen LogP contribution in [0.5, 0.6) is 0 Å². The molecule has 0 atom stereocenters. The van der Waals surface area contributed by atoms with Crippen molar-refractivity contribution >= 4 is 5.91 Å². The summed E-state index contributed by atoms with van der Waals surface area (Å²) < 4.78 is 0. The van der Waals surface area contributed by atoms with Crippen molar-refractivity contribution in [2.75, 3.05) is 19.6 Å². The lowest BCUT2D eigenvalue weighted by Crippen LogP contribution is -2.49. The zero-order valence-corrected chi connectivity index (χ0v) is 16.7. The van der Waals surface area contributed by atoms with E-state index in [0.717, 1.165) is 49.0 Å². The van der Waals surface area contributed by atoms with Gasteiger partial charge in [-0.3, -0.25) is 14.5 Å². The molecule has 27 heavy (non-hydrogen) atoms. The zero-order valence-electron chi connectivity index (χ0n) is 16.7. The number of H-pyrrole nitrogens is 1. The number of aromatic nitrogens is 1. The Labute approximate surface area is 161 Å². The van der Waals surface area contributed by atoms with Crippen molar-refractivity contribution < 1.29 is 4.79 Å². The summed E-state index contributed by atoms with van der Waals surface area (Å²) in [6.07, 6.45) is 6.87. The van der Waals surface area contributed by atoms with E-state index in [1.54, 1.807) is 6.07 Å². The van der Waals surface area contributed by atoms with Crippen LogP contribution < -0.4 is 10.9 Å². The van der Waals surface area contributed by atoms with E-state index in [4.69, 9.17) is 0 Å². The maximum Gasteiger partial charge on any atom is 0.261 e. The Kier molecular flexibility index (Phi) is 5.40. The van der Waals surface area contributed by atoms with Crippen LogP contribution in [-0.2, 0) is 6.54 Å². The number of aromatic amines is 1. The first-order valence-electron chi connectivity index (χ1n) is 10.8. The molecule has 0 aromatic carbocycles. The van der Waals surface area contributed by atoms with Crippen LogP contribution in [0.1, 0.15) is 62.0 Å². The summed E-state index contributed by atoms with van der Waals surface area (Å²) in [6.45, 7) is 7.52. The summed E-state index contributed by atoms with van der Waals surface area (Å²) in [5.74, 6) is 3.86. The molecule has 1 heterocycles. The second-order valence-corrected chi connectivity index (χ2v) is 8.99. The topological polar surface area (TPSA) is 65.2 Å². The van der Waals surface area contributed by atoms with Gasteiger partial charge >= 0.3 is 0 Å². The molecule has 0 radical (unpaired) electrons. The van der Waals surface area contributed by atoms with Crippen LogP contribution >= 0.6 is 0 Å². The van der Waals surface area contributed by atoms with Gasteiger partial charge < -0.3 is 10.3 Å². The second kappa shape index (κ2) is 7.78. The van der Waals surface area contributed by atoms with Crippen molar-refractivity contribution in [3.63, 3.8) is 0 Å². The SMILES string of the molecule is CCN(CC)Cc1ccc(C(=O)NCC2C3CC4CC(C3)CC2C4)c(=O)[nH]1. The smallest absolute Gasteiger partial charge is 0.261 e. The summed E-state index contributed by atoms with van der Waals surface area (Å²) >= 11 is 0. The Morgan fingerprint density at radius 1 is 1.07 bits per heavy atom. The van der Waals surface area contributed by atoms with Crippen molar-refractivity contribution in [2.45, 2.75) is 52.5 Å². The van der Waals surface area contributed by atoms with Crippen LogP contribution in [0, 0.1) is 29.6 Å². The van der Waals surface area contributed by atoms with Gasteiger partial charge in [0.15, 0.2) is 0 Å². The van der Waals surface area contributed by atoms with E-state index in [9.17, 15) is 9.59 Å².